The van der Waals surface area contributed by atoms with Gasteiger partial charge in [-0.3, -0.25) is 4.79 Å². The summed E-state index contributed by atoms with van der Waals surface area (Å²) in [5.41, 5.74) is 3.06. The van der Waals surface area contributed by atoms with Gasteiger partial charge in [0.15, 0.2) is 0 Å². The van der Waals surface area contributed by atoms with Crippen LogP contribution < -0.4 is 5.32 Å². The Hall–Kier alpha value is -1.71. The van der Waals surface area contributed by atoms with Crippen molar-refractivity contribution < 1.29 is 18.3 Å². The summed E-state index contributed by atoms with van der Waals surface area (Å²) in [5, 5.41) is 3.09. The van der Waals surface area contributed by atoms with Gasteiger partial charge in [-0.05, 0) is 44.4 Å². The van der Waals surface area contributed by atoms with Gasteiger partial charge in [-0.25, -0.2) is 8.78 Å². The monoisotopic (exact) mass is 337 g/mol. The first kappa shape index (κ1) is 18.6. The molecular formula is C19H25F2NO2. The summed E-state index contributed by atoms with van der Waals surface area (Å²) in [4.78, 5) is 12.7. The minimum atomic E-state index is -2.59. The third kappa shape index (κ3) is 2.87. The van der Waals surface area contributed by atoms with Gasteiger partial charge in [0.05, 0.1) is 24.2 Å². The standard InChI is InChI=1S/C19H25F2NO2/c1-5-8-14(16(20)21)9-10-15-13(4)18(6-2,7-3)17(23)22-19(15)11-24-12-19/h5,9-10,16H,6-7,11-12H2,1-4H3,(H,22,23)/b10-9-. The van der Waals surface area contributed by atoms with Crippen LogP contribution in [0.3, 0.4) is 0 Å². The molecule has 2 aliphatic heterocycles. The molecule has 1 amide bonds. The Labute approximate surface area is 142 Å². The molecule has 2 rings (SSSR count). The number of nitrogens with one attached hydrogen (secondary N) is 1. The Morgan fingerprint density at radius 3 is 2.42 bits per heavy atom. The number of carbonyl (C=O) groups is 1. The van der Waals surface area contributed by atoms with Crippen LogP contribution in [0.5, 0.6) is 0 Å². The number of alkyl halides is 2. The molecule has 1 fully saturated rings. The Kier molecular flexibility index (Phi) is 5.46. The van der Waals surface area contributed by atoms with Crippen LogP contribution in [-0.4, -0.2) is 31.1 Å². The van der Waals surface area contributed by atoms with Crippen LogP contribution >= 0.6 is 0 Å². The maximum absolute atomic E-state index is 13.1. The number of allylic oxidation sites excluding steroid dienone is 2. The zero-order valence-electron chi connectivity index (χ0n) is 14.7. The van der Waals surface area contributed by atoms with E-state index in [1.54, 1.807) is 13.0 Å². The number of ether oxygens (including phenoxy) is 1. The van der Waals surface area contributed by atoms with Crippen LogP contribution in [0.1, 0.15) is 40.5 Å². The molecule has 0 aromatic rings. The van der Waals surface area contributed by atoms with Crippen molar-refractivity contribution in [2.24, 2.45) is 5.41 Å². The summed E-state index contributed by atoms with van der Waals surface area (Å²) in [5.74, 6) is 0.00327. The maximum Gasteiger partial charge on any atom is 0.270 e. The summed E-state index contributed by atoms with van der Waals surface area (Å²) in [6.07, 6.45) is 3.32. The third-order valence-corrected chi connectivity index (χ3v) is 5.30. The lowest BCUT2D eigenvalue weighted by Gasteiger charge is -2.51. The van der Waals surface area contributed by atoms with Crippen molar-refractivity contribution in [3.05, 3.63) is 40.7 Å². The topological polar surface area (TPSA) is 38.3 Å². The van der Waals surface area contributed by atoms with Gasteiger partial charge >= 0.3 is 0 Å². The van der Waals surface area contributed by atoms with Crippen LogP contribution in [0, 0.1) is 5.41 Å². The van der Waals surface area contributed by atoms with Crippen LogP contribution in [0.2, 0.25) is 0 Å². The highest BCUT2D eigenvalue weighted by molar-refractivity contribution is 5.89. The molecule has 0 atom stereocenters. The average Bonchev–Trinajstić information content (AvgIpc) is 2.51. The van der Waals surface area contributed by atoms with Crippen molar-refractivity contribution in [3.8, 4) is 0 Å². The van der Waals surface area contributed by atoms with Gasteiger partial charge in [0.25, 0.3) is 6.43 Å². The minimum absolute atomic E-state index is 0.00327. The Bertz CT molecular complexity index is 632. The molecule has 0 aromatic carbocycles. The Balaban J connectivity index is 2.55. The fourth-order valence-corrected chi connectivity index (χ4v) is 3.63. The molecule has 5 heteroatoms. The van der Waals surface area contributed by atoms with Crippen LogP contribution in [0.25, 0.3) is 0 Å². The van der Waals surface area contributed by atoms with Crippen molar-refractivity contribution in [2.75, 3.05) is 13.2 Å². The quantitative estimate of drug-likeness (QED) is 0.610. The molecule has 0 aromatic heterocycles. The van der Waals surface area contributed by atoms with E-state index in [9.17, 15) is 13.6 Å². The lowest BCUT2D eigenvalue weighted by Crippen LogP contribution is -2.68. The lowest BCUT2D eigenvalue weighted by atomic mass is 9.66. The normalized spacial score (nSPS) is 21.7. The number of carbonyl (C=O) groups excluding carboxylic acids is 1. The third-order valence-electron chi connectivity index (χ3n) is 5.30. The number of halogens is 2. The van der Waals surface area contributed by atoms with E-state index in [0.29, 0.717) is 26.1 Å². The van der Waals surface area contributed by atoms with Gasteiger partial charge < -0.3 is 10.1 Å². The smallest absolute Gasteiger partial charge is 0.270 e. The molecule has 0 radical (unpaired) electrons. The van der Waals surface area contributed by atoms with E-state index in [1.165, 1.54) is 12.2 Å². The number of hydrogen-bond acceptors (Lipinski definition) is 2. The van der Waals surface area contributed by atoms with Crippen molar-refractivity contribution in [1.82, 2.24) is 5.32 Å². The van der Waals surface area contributed by atoms with Gasteiger partial charge in [-0.2, -0.15) is 0 Å². The molecule has 2 aliphatic rings. The summed E-state index contributed by atoms with van der Waals surface area (Å²) in [7, 11) is 0. The summed E-state index contributed by atoms with van der Waals surface area (Å²) < 4.78 is 31.5. The molecule has 0 saturated carbocycles. The molecule has 1 saturated heterocycles. The van der Waals surface area contributed by atoms with Crippen molar-refractivity contribution in [1.29, 1.82) is 0 Å². The molecule has 0 unspecified atom stereocenters. The van der Waals surface area contributed by atoms with Crippen LogP contribution in [-0.2, 0) is 9.53 Å². The van der Waals surface area contributed by atoms with Crippen molar-refractivity contribution in [3.63, 3.8) is 0 Å². The number of amides is 1. The van der Waals surface area contributed by atoms with Gasteiger partial charge in [-0.1, -0.05) is 25.5 Å². The number of hydrogen-bond donors (Lipinski definition) is 1. The summed E-state index contributed by atoms with van der Waals surface area (Å²) in [6, 6.07) is 0. The zero-order chi connectivity index (χ0) is 18.0. The van der Waals surface area contributed by atoms with Gasteiger partial charge in [0, 0.05) is 0 Å². The number of rotatable bonds is 5. The molecule has 0 bridgehead atoms. The molecule has 1 N–H and O–H groups in total. The SMILES string of the molecule is CC=C=C(/C=C\C1=C(C)C(CC)(CC)C(=O)NC12COC2)C(F)F. The van der Waals surface area contributed by atoms with E-state index in [2.05, 4.69) is 11.0 Å². The second kappa shape index (κ2) is 7.04. The molecule has 132 valence electrons. The van der Waals surface area contributed by atoms with Gasteiger partial charge in [-0.15, -0.1) is 5.73 Å². The van der Waals surface area contributed by atoms with Gasteiger partial charge in [0.2, 0.25) is 5.91 Å². The summed E-state index contributed by atoms with van der Waals surface area (Å²) >= 11 is 0. The average molecular weight is 337 g/mol. The largest absolute Gasteiger partial charge is 0.376 e. The predicted molar refractivity (Wildman–Crippen MR) is 89.8 cm³/mol. The molecule has 0 aliphatic carbocycles. The van der Waals surface area contributed by atoms with Crippen molar-refractivity contribution in [2.45, 2.75) is 52.5 Å². The second-order valence-corrected chi connectivity index (χ2v) is 6.38. The van der Waals surface area contributed by atoms with E-state index in [1.807, 2.05) is 20.8 Å². The van der Waals surface area contributed by atoms with E-state index < -0.39 is 17.4 Å². The van der Waals surface area contributed by atoms with Crippen LogP contribution in [0.15, 0.2) is 40.7 Å². The minimum Gasteiger partial charge on any atom is -0.376 e. The fraction of sp³-hybridized carbons (Fsp3) is 0.579. The Morgan fingerprint density at radius 1 is 1.38 bits per heavy atom. The molecule has 1 spiro atoms. The maximum atomic E-state index is 13.1. The molecule has 3 nitrogen and oxygen atoms in total. The van der Waals surface area contributed by atoms with Crippen LogP contribution in [0.4, 0.5) is 8.78 Å². The summed E-state index contributed by atoms with van der Waals surface area (Å²) in [6.45, 7) is 8.29. The first-order valence-electron chi connectivity index (χ1n) is 8.36. The van der Waals surface area contributed by atoms with E-state index in [0.717, 1.165) is 11.1 Å². The van der Waals surface area contributed by atoms with E-state index in [4.69, 9.17) is 4.74 Å². The lowest BCUT2D eigenvalue weighted by molar-refractivity contribution is -0.140. The van der Waals surface area contributed by atoms with Gasteiger partial charge in [0.1, 0.15) is 5.54 Å². The first-order valence-corrected chi connectivity index (χ1v) is 8.36. The first-order chi connectivity index (χ1) is 11.4. The molecular weight excluding hydrogens is 312 g/mol. The Morgan fingerprint density at radius 2 is 2.00 bits per heavy atom. The van der Waals surface area contributed by atoms with E-state index in [-0.39, 0.29) is 11.5 Å². The second-order valence-electron chi connectivity index (χ2n) is 6.38. The fourth-order valence-electron chi connectivity index (χ4n) is 3.63. The zero-order valence-corrected chi connectivity index (χ0v) is 14.7. The highest BCUT2D eigenvalue weighted by Crippen LogP contribution is 2.46. The molecule has 2 heterocycles. The predicted octanol–water partition coefficient (Wildman–Crippen LogP) is 3.93. The highest BCUT2D eigenvalue weighted by atomic mass is 19.3. The highest BCUT2D eigenvalue weighted by Gasteiger charge is 2.53. The molecule has 24 heavy (non-hydrogen) atoms. The van der Waals surface area contributed by atoms with E-state index >= 15 is 0 Å². The van der Waals surface area contributed by atoms with Crippen molar-refractivity contribution >= 4 is 5.91 Å².